The van der Waals surface area contributed by atoms with Crippen molar-refractivity contribution in [1.82, 2.24) is 0 Å². The van der Waals surface area contributed by atoms with Crippen LogP contribution in [-0.4, -0.2) is 21.9 Å². The van der Waals surface area contributed by atoms with Gasteiger partial charge in [-0.3, -0.25) is 0 Å². The van der Waals surface area contributed by atoms with Gasteiger partial charge in [0.25, 0.3) is 0 Å². The Balaban J connectivity index is 3.02. The van der Waals surface area contributed by atoms with E-state index < -0.39 is 17.6 Å². The molecule has 1 N–H and O–H groups in total. The van der Waals surface area contributed by atoms with Crippen LogP contribution >= 0.6 is 0 Å². The summed E-state index contributed by atoms with van der Waals surface area (Å²) in [5.74, 6) is -0.466. The van der Waals surface area contributed by atoms with E-state index in [0.29, 0.717) is 0 Å². The van der Waals surface area contributed by atoms with Gasteiger partial charge in [-0.05, 0) is 0 Å². The molecular formula is C9H8F3NOSe. The molecule has 15 heavy (non-hydrogen) atoms. The van der Waals surface area contributed by atoms with Gasteiger partial charge in [0.15, 0.2) is 0 Å². The number of rotatable bonds is 2. The Labute approximate surface area is 92.7 Å². The third kappa shape index (κ3) is 3.25. The maximum atomic E-state index is 12.4. The molecule has 0 aliphatic rings. The van der Waals surface area contributed by atoms with Gasteiger partial charge in [-0.1, -0.05) is 0 Å². The number of carbonyl (C=O) groups excluding carboxylic acids is 1. The minimum absolute atomic E-state index is 0.0825. The number of alkyl halides is 3. The molecule has 0 fully saturated rings. The molecule has 82 valence electrons. The fourth-order valence-corrected chi connectivity index (χ4v) is 1.19. The first kappa shape index (κ1) is 12.1. The summed E-state index contributed by atoms with van der Waals surface area (Å²) in [6, 6.07) is 4.87. The van der Waals surface area contributed by atoms with Crippen LogP contribution in [0.1, 0.15) is 5.56 Å². The molecule has 1 aromatic rings. The summed E-state index contributed by atoms with van der Waals surface area (Å²) in [6.45, 7) is 0. The van der Waals surface area contributed by atoms with Crippen molar-refractivity contribution in [3.8, 4) is 0 Å². The normalized spacial score (nSPS) is 11.2. The maximum absolute atomic E-state index is 12.4. The van der Waals surface area contributed by atoms with E-state index in [1.165, 1.54) is 18.2 Å². The standard InChI is InChI=1S/C9H8F3NOSe/c10-9(11,12)6-3-1-2-4-7(6)13-8(14)5-15/h1-4,15H,5H2,(H,13,14). The Morgan fingerprint density at radius 3 is 2.47 bits per heavy atom. The fraction of sp³-hybridized carbons (Fsp3) is 0.222. The third-order valence-corrected chi connectivity index (χ3v) is 2.25. The van der Waals surface area contributed by atoms with Crippen LogP contribution in [0.4, 0.5) is 18.9 Å². The number of benzene rings is 1. The first-order valence-electron chi connectivity index (χ1n) is 4.02. The number of anilines is 1. The number of hydrogen-bond donors (Lipinski definition) is 1. The first-order chi connectivity index (χ1) is 6.95. The SMILES string of the molecule is O=C(C[SeH])Nc1ccccc1C(F)(F)F. The molecule has 0 unspecified atom stereocenters. The Morgan fingerprint density at radius 2 is 1.93 bits per heavy atom. The van der Waals surface area contributed by atoms with Gasteiger partial charge in [-0.2, -0.15) is 0 Å². The third-order valence-electron chi connectivity index (χ3n) is 1.65. The second-order valence-corrected chi connectivity index (χ2v) is 3.41. The molecule has 0 heterocycles. The zero-order valence-electron chi connectivity index (χ0n) is 7.51. The zero-order chi connectivity index (χ0) is 11.5. The van der Waals surface area contributed by atoms with E-state index in [2.05, 4.69) is 5.32 Å². The zero-order valence-corrected chi connectivity index (χ0v) is 9.38. The number of amides is 1. The Kier molecular flexibility index (Phi) is 3.77. The van der Waals surface area contributed by atoms with Crippen LogP contribution in [0.2, 0.25) is 5.32 Å². The number of para-hydroxylation sites is 1. The van der Waals surface area contributed by atoms with Crippen LogP contribution in [0.5, 0.6) is 0 Å². The van der Waals surface area contributed by atoms with Crippen LogP contribution < -0.4 is 5.32 Å². The summed E-state index contributed by atoms with van der Waals surface area (Å²) < 4.78 is 37.3. The van der Waals surface area contributed by atoms with Gasteiger partial charge in [0, 0.05) is 0 Å². The summed E-state index contributed by atoms with van der Waals surface area (Å²) in [5.41, 5.74) is -1.04. The van der Waals surface area contributed by atoms with Crippen molar-refractivity contribution in [1.29, 1.82) is 0 Å². The Hall–Kier alpha value is -1.00. The molecule has 6 heteroatoms. The van der Waals surface area contributed by atoms with Crippen LogP contribution in [-0.2, 0) is 11.0 Å². The van der Waals surface area contributed by atoms with Crippen LogP contribution in [0.25, 0.3) is 0 Å². The molecule has 2 nitrogen and oxygen atoms in total. The molecule has 0 aliphatic carbocycles. The predicted octanol–water partition coefficient (Wildman–Crippen LogP) is 1.96. The van der Waals surface area contributed by atoms with E-state index >= 15 is 0 Å². The summed E-state index contributed by atoms with van der Waals surface area (Å²) >= 11 is 2.00. The molecule has 0 saturated carbocycles. The molecule has 0 aromatic heterocycles. The van der Waals surface area contributed by atoms with Gasteiger partial charge in [0.2, 0.25) is 0 Å². The second-order valence-electron chi connectivity index (χ2n) is 2.75. The average Bonchev–Trinajstić information content (AvgIpc) is 2.17. The van der Waals surface area contributed by atoms with Gasteiger partial charge in [0.05, 0.1) is 0 Å². The van der Waals surface area contributed by atoms with Gasteiger partial charge in [-0.25, -0.2) is 0 Å². The predicted molar refractivity (Wildman–Crippen MR) is 52.0 cm³/mol. The molecule has 1 aromatic carbocycles. The number of nitrogens with one attached hydrogen (secondary N) is 1. The monoisotopic (exact) mass is 283 g/mol. The van der Waals surface area contributed by atoms with Crippen molar-refractivity contribution in [3.63, 3.8) is 0 Å². The van der Waals surface area contributed by atoms with E-state index in [0.717, 1.165) is 6.07 Å². The van der Waals surface area contributed by atoms with E-state index in [4.69, 9.17) is 0 Å². The van der Waals surface area contributed by atoms with Crippen molar-refractivity contribution in [3.05, 3.63) is 29.8 Å². The van der Waals surface area contributed by atoms with Crippen molar-refractivity contribution in [2.45, 2.75) is 11.5 Å². The van der Waals surface area contributed by atoms with E-state index in [1.54, 1.807) is 0 Å². The topological polar surface area (TPSA) is 29.1 Å². The summed E-state index contributed by atoms with van der Waals surface area (Å²) in [4.78, 5) is 11.0. The summed E-state index contributed by atoms with van der Waals surface area (Å²) in [5, 5.41) is 2.27. The molecular weight excluding hydrogens is 274 g/mol. The summed E-state index contributed by atoms with van der Waals surface area (Å²) in [7, 11) is 0. The molecule has 0 spiro atoms. The average molecular weight is 282 g/mol. The van der Waals surface area contributed by atoms with Crippen molar-refractivity contribution < 1.29 is 18.0 Å². The fourth-order valence-electron chi connectivity index (χ4n) is 1.03. The van der Waals surface area contributed by atoms with E-state index in [1.807, 2.05) is 16.0 Å². The summed E-state index contributed by atoms with van der Waals surface area (Å²) in [6.07, 6.45) is -4.45. The van der Waals surface area contributed by atoms with Gasteiger partial charge in [-0.15, -0.1) is 0 Å². The molecule has 0 atom stereocenters. The number of halogens is 3. The van der Waals surface area contributed by atoms with E-state index in [9.17, 15) is 18.0 Å². The molecule has 0 saturated heterocycles. The number of carbonyl (C=O) groups is 1. The van der Waals surface area contributed by atoms with Crippen LogP contribution in [0.3, 0.4) is 0 Å². The molecule has 0 bridgehead atoms. The van der Waals surface area contributed by atoms with Crippen molar-refractivity contribution in [2.24, 2.45) is 0 Å². The van der Waals surface area contributed by atoms with Gasteiger partial charge in [0.1, 0.15) is 0 Å². The molecule has 0 aliphatic heterocycles. The molecule has 1 rings (SSSR count). The quantitative estimate of drug-likeness (QED) is 0.825. The van der Waals surface area contributed by atoms with Crippen LogP contribution in [0.15, 0.2) is 24.3 Å². The van der Waals surface area contributed by atoms with E-state index in [-0.39, 0.29) is 11.0 Å². The molecule has 1 amide bonds. The Morgan fingerprint density at radius 1 is 1.33 bits per heavy atom. The Bertz CT molecular complexity index is 365. The van der Waals surface area contributed by atoms with Gasteiger partial charge >= 0.3 is 92.2 Å². The van der Waals surface area contributed by atoms with Crippen molar-refractivity contribution >= 4 is 27.6 Å². The molecule has 0 radical (unpaired) electrons. The van der Waals surface area contributed by atoms with Gasteiger partial charge < -0.3 is 0 Å². The second kappa shape index (κ2) is 4.68. The number of hydrogen-bond acceptors (Lipinski definition) is 1. The van der Waals surface area contributed by atoms with Crippen LogP contribution in [0, 0.1) is 0 Å². The minimum atomic E-state index is -4.45. The first-order valence-corrected chi connectivity index (χ1v) is 5.35. The van der Waals surface area contributed by atoms with Crippen molar-refractivity contribution in [2.75, 3.05) is 5.32 Å².